The zero-order chi connectivity index (χ0) is 19.5. The molecule has 8 heteroatoms. The number of rotatable bonds is 6. The highest BCUT2D eigenvalue weighted by atomic mass is 28.4. The molecular formula is C18H32N4O3Si. The molecule has 1 fully saturated rings. The second-order valence-electron chi connectivity index (χ2n) is 8.41. The molecule has 0 unspecified atom stereocenters. The number of hydrogen-bond donors (Lipinski definition) is 0. The SMILES string of the molecule is C=CCOC(=O)N1C[C@H](O[Si](C)(C)C(C)(C)C)C[C@H]1Cc1ncnn1C. The standard InChI is InChI=1S/C18H32N4O3Si/c1-8-9-24-17(23)22-12-15(25-26(6,7)18(2,3)4)10-14(22)11-16-19-13-20-21(16)5/h8,13-15H,1,9-12H2,2-7H3/t14-,15+/m0/s1. The predicted molar refractivity (Wildman–Crippen MR) is 103 cm³/mol. The molecule has 1 amide bonds. The van der Waals surface area contributed by atoms with Crippen LogP contribution in [-0.2, 0) is 22.6 Å². The lowest BCUT2D eigenvalue weighted by Gasteiger charge is -2.38. The van der Waals surface area contributed by atoms with Crippen LogP contribution in [0.2, 0.25) is 18.1 Å². The molecule has 1 aromatic rings. The van der Waals surface area contributed by atoms with E-state index in [0.29, 0.717) is 13.0 Å². The topological polar surface area (TPSA) is 69.5 Å². The molecule has 1 saturated heterocycles. The van der Waals surface area contributed by atoms with Gasteiger partial charge in [0.15, 0.2) is 8.32 Å². The van der Waals surface area contributed by atoms with Crippen molar-refractivity contribution in [3.63, 3.8) is 0 Å². The first-order chi connectivity index (χ1) is 12.0. The minimum atomic E-state index is -1.91. The highest BCUT2D eigenvalue weighted by Crippen LogP contribution is 2.39. The Kier molecular flexibility index (Phi) is 6.28. The van der Waals surface area contributed by atoms with E-state index in [-0.39, 0.29) is 29.9 Å². The van der Waals surface area contributed by atoms with Crippen molar-refractivity contribution in [2.75, 3.05) is 13.2 Å². The molecular weight excluding hydrogens is 348 g/mol. The van der Waals surface area contributed by atoms with Crippen molar-refractivity contribution >= 4 is 14.4 Å². The van der Waals surface area contributed by atoms with Crippen LogP contribution >= 0.6 is 0 Å². The maximum absolute atomic E-state index is 12.5. The molecule has 0 aliphatic carbocycles. The van der Waals surface area contributed by atoms with E-state index in [9.17, 15) is 4.79 Å². The number of amides is 1. The quantitative estimate of drug-likeness (QED) is 0.560. The second kappa shape index (κ2) is 7.92. The zero-order valence-electron chi connectivity index (χ0n) is 16.9. The number of ether oxygens (including phenoxy) is 1. The van der Waals surface area contributed by atoms with Gasteiger partial charge < -0.3 is 14.1 Å². The molecule has 0 bridgehead atoms. The Balaban J connectivity index is 2.13. The summed E-state index contributed by atoms with van der Waals surface area (Å²) in [7, 11) is -0.0449. The van der Waals surface area contributed by atoms with E-state index in [1.807, 2.05) is 7.05 Å². The third-order valence-corrected chi connectivity index (χ3v) is 9.96. The van der Waals surface area contributed by atoms with Crippen molar-refractivity contribution in [1.29, 1.82) is 0 Å². The van der Waals surface area contributed by atoms with E-state index < -0.39 is 8.32 Å². The third-order valence-electron chi connectivity index (χ3n) is 5.43. The first-order valence-electron chi connectivity index (χ1n) is 9.10. The van der Waals surface area contributed by atoms with E-state index >= 15 is 0 Å². The number of aromatic nitrogens is 3. The van der Waals surface area contributed by atoms with Gasteiger partial charge in [-0.2, -0.15) is 5.10 Å². The van der Waals surface area contributed by atoms with Gasteiger partial charge in [-0.3, -0.25) is 4.68 Å². The molecule has 2 heterocycles. The van der Waals surface area contributed by atoms with E-state index in [1.54, 1.807) is 15.7 Å². The summed E-state index contributed by atoms with van der Waals surface area (Å²) in [4.78, 5) is 18.6. The van der Waals surface area contributed by atoms with Gasteiger partial charge in [0, 0.05) is 26.1 Å². The monoisotopic (exact) mass is 380 g/mol. The Morgan fingerprint density at radius 3 is 2.69 bits per heavy atom. The number of carbonyl (C=O) groups excluding carboxylic acids is 1. The van der Waals surface area contributed by atoms with Crippen LogP contribution in [0.1, 0.15) is 33.0 Å². The Morgan fingerprint density at radius 2 is 2.15 bits per heavy atom. The van der Waals surface area contributed by atoms with Crippen molar-refractivity contribution in [3.8, 4) is 0 Å². The Bertz CT molecular complexity index is 639. The highest BCUT2D eigenvalue weighted by Gasteiger charge is 2.44. The second-order valence-corrected chi connectivity index (χ2v) is 13.2. The Hall–Kier alpha value is -1.67. The number of aryl methyl sites for hydroxylation is 1. The smallest absolute Gasteiger partial charge is 0.410 e. The molecule has 146 valence electrons. The van der Waals surface area contributed by atoms with Crippen molar-refractivity contribution in [1.82, 2.24) is 19.7 Å². The van der Waals surface area contributed by atoms with Crippen LogP contribution in [0.5, 0.6) is 0 Å². The molecule has 0 saturated carbocycles. The van der Waals surface area contributed by atoms with Gasteiger partial charge in [0.25, 0.3) is 0 Å². The fourth-order valence-corrected chi connectivity index (χ4v) is 4.26. The van der Waals surface area contributed by atoms with Crippen molar-refractivity contribution in [3.05, 3.63) is 24.8 Å². The van der Waals surface area contributed by atoms with E-state index in [4.69, 9.17) is 9.16 Å². The molecule has 0 aromatic carbocycles. The van der Waals surface area contributed by atoms with Crippen LogP contribution in [0.4, 0.5) is 4.79 Å². The molecule has 2 atom stereocenters. The lowest BCUT2D eigenvalue weighted by atomic mass is 10.1. The lowest BCUT2D eigenvalue weighted by Crippen LogP contribution is -2.44. The maximum Gasteiger partial charge on any atom is 0.410 e. The molecule has 1 aliphatic rings. The largest absolute Gasteiger partial charge is 0.445 e. The number of hydrogen-bond acceptors (Lipinski definition) is 5. The minimum Gasteiger partial charge on any atom is -0.445 e. The van der Waals surface area contributed by atoms with Gasteiger partial charge in [-0.15, -0.1) is 0 Å². The molecule has 2 rings (SSSR count). The van der Waals surface area contributed by atoms with E-state index in [2.05, 4.69) is 50.5 Å². The van der Waals surface area contributed by atoms with Crippen LogP contribution < -0.4 is 0 Å². The molecule has 1 aliphatic heterocycles. The zero-order valence-corrected chi connectivity index (χ0v) is 17.9. The molecule has 1 aromatic heterocycles. The fraction of sp³-hybridized carbons (Fsp3) is 0.722. The summed E-state index contributed by atoms with van der Waals surface area (Å²) >= 11 is 0. The maximum atomic E-state index is 12.5. The van der Waals surface area contributed by atoms with E-state index in [0.717, 1.165) is 12.2 Å². The summed E-state index contributed by atoms with van der Waals surface area (Å²) in [6.45, 7) is 15.5. The highest BCUT2D eigenvalue weighted by molar-refractivity contribution is 6.74. The molecule has 7 nitrogen and oxygen atoms in total. The van der Waals surface area contributed by atoms with Crippen molar-refractivity contribution < 1.29 is 14.0 Å². The van der Waals surface area contributed by atoms with Gasteiger partial charge in [-0.1, -0.05) is 33.4 Å². The first kappa shape index (κ1) is 20.6. The molecule has 0 radical (unpaired) electrons. The van der Waals surface area contributed by atoms with Crippen molar-refractivity contribution in [2.45, 2.75) is 63.9 Å². The van der Waals surface area contributed by atoms with Gasteiger partial charge in [-0.25, -0.2) is 9.78 Å². The fourth-order valence-electron chi connectivity index (χ4n) is 2.90. The summed E-state index contributed by atoms with van der Waals surface area (Å²) in [6, 6.07) is -0.00927. The van der Waals surface area contributed by atoms with E-state index in [1.165, 1.54) is 6.33 Å². The summed E-state index contributed by atoms with van der Waals surface area (Å²) < 4.78 is 13.6. The van der Waals surface area contributed by atoms with Gasteiger partial charge in [0.2, 0.25) is 0 Å². The lowest BCUT2D eigenvalue weighted by molar-refractivity contribution is 0.103. The number of nitrogens with zero attached hydrogens (tertiary/aromatic N) is 4. The van der Waals surface area contributed by atoms with Gasteiger partial charge in [-0.05, 0) is 24.6 Å². The summed E-state index contributed by atoms with van der Waals surface area (Å²) in [5.41, 5.74) is 0. The van der Waals surface area contributed by atoms with Crippen molar-refractivity contribution in [2.24, 2.45) is 7.05 Å². The van der Waals surface area contributed by atoms with Crippen LogP contribution in [-0.4, -0.2) is 59.4 Å². The van der Waals surface area contributed by atoms with Gasteiger partial charge in [0.05, 0.1) is 6.10 Å². The predicted octanol–water partition coefficient (Wildman–Crippen LogP) is 3.14. The van der Waals surface area contributed by atoms with Crippen LogP contribution in [0.15, 0.2) is 19.0 Å². The Labute approximate surface area is 157 Å². The third kappa shape index (κ3) is 4.73. The molecule has 0 spiro atoms. The number of carbonyl (C=O) groups is 1. The minimum absolute atomic E-state index is 0.00927. The first-order valence-corrected chi connectivity index (χ1v) is 12.0. The Morgan fingerprint density at radius 1 is 1.46 bits per heavy atom. The molecule has 26 heavy (non-hydrogen) atoms. The summed E-state index contributed by atoms with van der Waals surface area (Å²) in [5, 5.41) is 4.25. The van der Waals surface area contributed by atoms with Crippen LogP contribution in [0.3, 0.4) is 0 Å². The van der Waals surface area contributed by atoms with Gasteiger partial charge in [0.1, 0.15) is 18.8 Å². The summed E-state index contributed by atoms with van der Waals surface area (Å²) in [5.74, 6) is 0.851. The van der Waals surface area contributed by atoms with Gasteiger partial charge >= 0.3 is 6.09 Å². The average molecular weight is 381 g/mol. The number of likely N-dealkylation sites (tertiary alicyclic amines) is 1. The molecule has 0 N–H and O–H groups in total. The van der Waals surface area contributed by atoms with Crippen LogP contribution in [0, 0.1) is 0 Å². The summed E-state index contributed by atoms with van der Waals surface area (Å²) in [6.07, 6.45) is 4.23. The van der Waals surface area contributed by atoms with Crippen LogP contribution in [0.25, 0.3) is 0 Å². The normalized spacial score (nSPS) is 21.1. The average Bonchev–Trinajstić information content (AvgIpc) is 3.10.